The molecule has 0 radical (unpaired) electrons. The van der Waals surface area contributed by atoms with Crippen LogP contribution in [0.15, 0.2) is 18.2 Å². The Morgan fingerprint density at radius 3 is 2.39 bits per heavy atom. The van der Waals surface area contributed by atoms with Gasteiger partial charge < -0.3 is 9.64 Å². The van der Waals surface area contributed by atoms with Crippen LogP contribution < -0.4 is 4.74 Å². The Balaban J connectivity index is 1.48. The molecular weight excluding hydrogens is 310 g/mol. The van der Waals surface area contributed by atoms with Gasteiger partial charge in [-0.05, 0) is 50.7 Å². The summed E-state index contributed by atoms with van der Waals surface area (Å²) in [5.74, 6) is 0.752. The highest BCUT2D eigenvalue weighted by molar-refractivity contribution is 6.32. The second kappa shape index (κ2) is 7.84. The van der Waals surface area contributed by atoms with E-state index in [1.165, 1.54) is 44.6 Å². The Hall–Kier alpha value is -0.810. The maximum atomic E-state index is 6.23. The van der Waals surface area contributed by atoms with Gasteiger partial charge in [0.2, 0.25) is 0 Å². The average molecular weight is 338 g/mol. The highest BCUT2D eigenvalue weighted by Crippen LogP contribution is 2.26. The van der Waals surface area contributed by atoms with Crippen molar-refractivity contribution in [2.24, 2.45) is 0 Å². The van der Waals surface area contributed by atoms with Crippen LogP contribution in [0.2, 0.25) is 5.02 Å². The van der Waals surface area contributed by atoms with Gasteiger partial charge >= 0.3 is 0 Å². The Labute approximate surface area is 144 Å². The Bertz CT molecular complexity index is 509. The molecule has 2 saturated heterocycles. The molecule has 0 amide bonds. The lowest BCUT2D eigenvalue weighted by Crippen LogP contribution is -2.52. The van der Waals surface area contributed by atoms with Gasteiger partial charge in [0.1, 0.15) is 5.75 Å². The third-order valence-electron chi connectivity index (χ3n) is 5.23. The summed E-state index contributed by atoms with van der Waals surface area (Å²) in [6.45, 7) is 8.15. The van der Waals surface area contributed by atoms with E-state index in [2.05, 4.69) is 27.8 Å². The molecule has 23 heavy (non-hydrogen) atoms. The maximum Gasteiger partial charge on any atom is 0.137 e. The van der Waals surface area contributed by atoms with Crippen molar-refractivity contribution < 1.29 is 4.74 Å². The number of hydrogen-bond donors (Lipinski definition) is 0. The zero-order valence-electron chi connectivity index (χ0n) is 14.3. The molecule has 0 aliphatic carbocycles. The molecule has 0 bridgehead atoms. The number of likely N-dealkylation sites (tertiary alicyclic amines) is 1. The van der Waals surface area contributed by atoms with E-state index in [1.54, 1.807) is 7.11 Å². The minimum atomic E-state index is 0.704. The summed E-state index contributed by atoms with van der Waals surface area (Å²) < 4.78 is 5.22. The van der Waals surface area contributed by atoms with E-state index in [4.69, 9.17) is 16.3 Å². The van der Waals surface area contributed by atoms with Crippen molar-refractivity contribution in [2.75, 3.05) is 53.4 Å². The normalized spacial score (nSPS) is 22.4. The number of piperidine rings is 1. The minimum Gasteiger partial charge on any atom is -0.495 e. The van der Waals surface area contributed by atoms with Crippen molar-refractivity contribution in [3.63, 3.8) is 0 Å². The van der Waals surface area contributed by atoms with E-state index in [9.17, 15) is 0 Å². The van der Waals surface area contributed by atoms with Crippen LogP contribution in [0.25, 0.3) is 0 Å². The molecule has 0 N–H and O–H groups in total. The molecule has 2 heterocycles. The summed E-state index contributed by atoms with van der Waals surface area (Å²) in [5.41, 5.74) is 1.27. The van der Waals surface area contributed by atoms with Crippen LogP contribution in [0.1, 0.15) is 18.4 Å². The predicted molar refractivity (Wildman–Crippen MR) is 95.4 cm³/mol. The minimum absolute atomic E-state index is 0.704. The summed E-state index contributed by atoms with van der Waals surface area (Å²) in [5, 5.41) is 0.704. The topological polar surface area (TPSA) is 19.0 Å². The summed E-state index contributed by atoms with van der Waals surface area (Å²) in [7, 11) is 3.89. The zero-order valence-corrected chi connectivity index (χ0v) is 15.1. The first-order chi connectivity index (χ1) is 11.2. The number of ether oxygens (including phenoxy) is 1. The molecule has 0 spiro atoms. The maximum absolute atomic E-state index is 6.23. The van der Waals surface area contributed by atoms with Crippen LogP contribution in [0.4, 0.5) is 0 Å². The third-order valence-corrected chi connectivity index (χ3v) is 5.53. The summed E-state index contributed by atoms with van der Waals surface area (Å²) in [4.78, 5) is 7.67. The number of rotatable bonds is 4. The van der Waals surface area contributed by atoms with Crippen LogP contribution in [-0.2, 0) is 6.54 Å². The molecule has 0 unspecified atom stereocenters. The fourth-order valence-corrected chi connectivity index (χ4v) is 3.99. The lowest BCUT2D eigenvalue weighted by Gasteiger charge is -2.42. The highest BCUT2D eigenvalue weighted by Gasteiger charge is 2.26. The fraction of sp³-hybridized carbons (Fsp3) is 0.667. The second-order valence-corrected chi connectivity index (χ2v) is 7.22. The first-order valence-corrected chi connectivity index (χ1v) is 9.01. The monoisotopic (exact) mass is 337 g/mol. The van der Waals surface area contributed by atoms with Gasteiger partial charge in [-0.2, -0.15) is 0 Å². The van der Waals surface area contributed by atoms with Gasteiger partial charge in [-0.25, -0.2) is 0 Å². The lowest BCUT2D eigenvalue weighted by molar-refractivity contribution is 0.0618. The van der Waals surface area contributed by atoms with Crippen molar-refractivity contribution in [3.05, 3.63) is 28.8 Å². The smallest absolute Gasteiger partial charge is 0.137 e. The van der Waals surface area contributed by atoms with Gasteiger partial charge in [-0.1, -0.05) is 17.7 Å². The SMILES string of the molecule is COc1ccc(CN2CCN(C3CCN(C)CC3)CC2)cc1Cl. The molecule has 2 aliphatic heterocycles. The summed E-state index contributed by atoms with van der Waals surface area (Å²) in [6.07, 6.45) is 2.65. The molecule has 1 aromatic rings. The van der Waals surface area contributed by atoms with Crippen LogP contribution in [0.5, 0.6) is 5.75 Å². The number of halogens is 1. The Kier molecular flexibility index (Phi) is 5.81. The molecule has 128 valence electrons. The van der Waals surface area contributed by atoms with Gasteiger partial charge in [-0.3, -0.25) is 9.80 Å². The van der Waals surface area contributed by atoms with E-state index in [0.717, 1.165) is 31.4 Å². The third kappa shape index (κ3) is 4.38. The molecule has 0 atom stereocenters. The van der Waals surface area contributed by atoms with E-state index in [-0.39, 0.29) is 0 Å². The van der Waals surface area contributed by atoms with Gasteiger partial charge in [0.25, 0.3) is 0 Å². The first kappa shape index (κ1) is 17.0. The average Bonchev–Trinajstić information content (AvgIpc) is 2.57. The first-order valence-electron chi connectivity index (χ1n) is 8.63. The van der Waals surface area contributed by atoms with Crippen molar-refractivity contribution >= 4 is 11.6 Å². The molecule has 0 aromatic heterocycles. The second-order valence-electron chi connectivity index (χ2n) is 6.82. The predicted octanol–water partition coefficient (Wildman–Crippen LogP) is 2.56. The van der Waals surface area contributed by atoms with Crippen molar-refractivity contribution in [3.8, 4) is 5.75 Å². The summed E-state index contributed by atoms with van der Waals surface area (Å²) >= 11 is 6.23. The molecule has 2 fully saturated rings. The van der Waals surface area contributed by atoms with Crippen LogP contribution in [0, 0.1) is 0 Å². The van der Waals surface area contributed by atoms with Crippen molar-refractivity contribution in [1.29, 1.82) is 0 Å². The van der Waals surface area contributed by atoms with Gasteiger partial charge in [0, 0.05) is 38.8 Å². The van der Waals surface area contributed by atoms with E-state index in [0.29, 0.717) is 5.02 Å². The standard InChI is InChI=1S/C18H28ClN3O/c1-20-7-5-16(6-8-20)22-11-9-21(10-12-22)14-15-3-4-18(23-2)17(19)13-15/h3-4,13,16H,5-12,14H2,1-2H3. The van der Waals surface area contributed by atoms with Crippen LogP contribution in [0.3, 0.4) is 0 Å². The number of benzene rings is 1. The number of nitrogens with zero attached hydrogens (tertiary/aromatic N) is 3. The fourth-order valence-electron chi connectivity index (χ4n) is 3.71. The Morgan fingerprint density at radius 1 is 1.09 bits per heavy atom. The van der Waals surface area contributed by atoms with E-state index >= 15 is 0 Å². The number of methoxy groups -OCH3 is 1. The van der Waals surface area contributed by atoms with Gasteiger partial charge in [0.05, 0.1) is 12.1 Å². The number of piperazine rings is 1. The van der Waals surface area contributed by atoms with E-state index < -0.39 is 0 Å². The number of hydrogen-bond acceptors (Lipinski definition) is 4. The zero-order chi connectivity index (χ0) is 16.2. The molecular formula is C18H28ClN3O. The van der Waals surface area contributed by atoms with Crippen LogP contribution in [-0.4, -0.2) is 74.2 Å². The van der Waals surface area contributed by atoms with Crippen molar-refractivity contribution in [1.82, 2.24) is 14.7 Å². The quantitative estimate of drug-likeness (QED) is 0.840. The largest absolute Gasteiger partial charge is 0.495 e. The molecule has 1 aromatic carbocycles. The summed E-state index contributed by atoms with van der Waals surface area (Å²) in [6, 6.07) is 6.91. The molecule has 0 saturated carbocycles. The highest BCUT2D eigenvalue weighted by atomic mass is 35.5. The molecule has 2 aliphatic rings. The Morgan fingerprint density at radius 2 is 1.78 bits per heavy atom. The van der Waals surface area contributed by atoms with Crippen LogP contribution >= 0.6 is 11.6 Å². The van der Waals surface area contributed by atoms with Crippen molar-refractivity contribution in [2.45, 2.75) is 25.4 Å². The van der Waals surface area contributed by atoms with Gasteiger partial charge in [-0.15, -0.1) is 0 Å². The van der Waals surface area contributed by atoms with E-state index in [1.807, 2.05) is 12.1 Å². The lowest BCUT2D eigenvalue weighted by atomic mass is 10.0. The van der Waals surface area contributed by atoms with Gasteiger partial charge in [0.15, 0.2) is 0 Å². The molecule has 3 rings (SSSR count). The molecule has 5 heteroatoms. The molecule has 4 nitrogen and oxygen atoms in total.